The van der Waals surface area contributed by atoms with Crippen molar-refractivity contribution in [1.29, 1.82) is 0 Å². The minimum atomic E-state index is -2.74. The van der Waals surface area contributed by atoms with E-state index in [4.69, 9.17) is 10.6 Å². The maximum absolute atomic E-state index is 12.7. The minimum absolute atomic E-state index is 0.147. The summed E-state index contributed by atoms with van der Waals surface area (Å²) in [4.78, 5) is 20.7. The maximum Gasteiger partial charge on any atom is 0.385 e. The molecular weight excluding hydrogens is 320 g/mol. The van der Waals surface area contributed by atoms with Gasteiger partial charge in [-0.2, -0.15) is 5.10 Å². The van der Waals surface area contributed by atoms with E-state index in [2.05, 4.69) is 15.2 Å². The predicted molar refractivity (Wildman–Crippen MR) is 80.4 cm³/mol. The van der Waals surface area contributed by atoms with Crippen LogP contribution in [0.5, 0.6) is 0 Å². The number of rotatable bonds is 5. The average Bonchev–Trinajstić information content (AvgIpc) is 3.29. The first-order valence-electron chi connectivity index (χ1n) is 7.22. The highest BCUT2D eigenvalue weighted by Gasteiger charge is 2.49. The summed E-state index contributed by atoms with van der Waals surface area (Å²) in [5.74, 6) is -0.795. The summed E-state index contributed by atoms with van der Waals surface area (Å²) in [6, 6.07) is 4.62. The lowest BCUT2D eigenvalue weighted by atomic mass is 9.97. The summed E-state index contributed by atoms with van der Waals surface area (Å²) in [5, 5.41) is 7.36. The number of halogens is 2. The van der Waals surface area contributed by atoms with Gasteiger partial charge in [0.15, 0.2) is 11.5 Å². The Morgan fingerprint density at radius 3 is 2.79 bits per heavy atom. The van der Waals surface area contributed by atoms with Crippen LogP contribution < -0.4 is 5.73 Å². The summed E-state index contributed by atoms with van der Waals surface area (Å²) < 4.78 is 26.3. The van der Waals surface area contributed by atoms with Crippen molar-refractivity contribution in [3.05, 3.63) is 47.5 Å². The molecule has 0 atom stereocenters. The SMILES string of the molecule is Cn1nc(C(=O)O/N=C(\N)C2(c3cccnc3)CC2)cc1C(F)F. The molecule has 9 heteroatoms. The number of alkyl halides is 2. The zero-order valence-electron chi connectivity index (χ0n) is 12.8. The quantitative estimate of drug-likeness (QED) is 0.390. The Kier molecular flexibility index (Phi) is 4.00. The summed E-state index contributed by atoms with van der Waals surface area (Å²) in [7, 11) is 1.32. The van der Waals surface area contributed by atoms with Crippen molar-refractivity contribution in [2.24, 2.45) is 17.9 Å². The van der Waals surface area contributed by atoms with Crippen LogP contribution in [0.4, 0.5) is 8.78 Å². The summed E-state index contributed by atoms with van der Waals surface area (Å²) in [6.45, 7) is 0. The van der Waals surface area contributed by atoms with Gasteiger partial charge in [0.2, 0.25) is 0 Å². The Bertz CT molecular complexity index is 784. The second-order valence-electron chi connectivity index (χ2n) is 5.56. The number of carbonyl (C=O) groups excluding carboxylic acids is 1. The number of nitrogens with zero attached hydrogens (tertiary/aromatic N) is 4. The highest BCUT2D eigenvalue weighted by atomic mass is 19.3. The molecule has 0 aliphatic heterocycles. The molecule has 0 saturated heterocycles. The molecule has 0 spiro atoms. The molecule has 1 aliphatic rings. The third-order valence-corrected chi connectivity index (χ3v) is 4.03. The third kappa shape index (κ3) is 2.84. The molecule has 0 amide bonds. The lowest BCUT2D eigenvalue weighted by molar-refractivity contribution is 0.0506. The molecule has 1 saturated carbocycles. The molecule has 2 aromatic rings. The highest BCUT2D eigenvalue weighted by Crippen LogP contribution is 2.48. The Hall–Kier alpha value is -2.84. The number of amidine groups is 1. The number of hydrogen-bond donors (Lipinski definition) is 1. The van der Waals surface area contributed by atoms with Crippen molar-refractivity contribution in [3.8, 4) is 0 Å². The van der Waals surface area contributed by atoms with Crippen LogP contribution >= 0.6 is 0 Å². The molecule has 0 bridgehead atoms. The second kappa shape index (κ2) is 5.99. The summed E-state index contributed by atoms with van der Waals surface area (Å²) in [5.41, 5.74) is 5.73. The zero-order valence-corrected chi connectivity index (χ0v) is 12.8. The van der Waals surface area contributed by atoms with Crippen molar-refractivity contribution in [1.82, 2.24) is 14.8 Å². The van der Waals surface area contributed by atoms with Gasteiger partial charge in [0.25, 0.3) is 6.43 Å². The maximum atomic E-state index is 12.7. The molecule has 7 nitrogen and oxygen atoms in total. The number of aryl methyl sites for hydroxylation is 1. The van der Waals surface area contributed by atoms with E-state index in [0.29, 0.717) is 0 Å². The topological polar surface area (TPSA) is 95.4 Å². The van der Waals surface area contributed by atoms with E-state index in [1.54, 1.807) is 18.5 Å². The number of pyridine rings is 1. The number of nitrogens with two attached hydrogens (primary N) is 1. The summed E-state index contributed by atoms with van der Waals surface area (Å²) in [6.07, 6.45) is 2.13. The Labute approximate surface area is 136 Å². The molecule has 2 N–H and O–H groups in total. The van der Waals surface area contributed by atoms with Gasteiger partial charge in [-0.3, -0.25) is 9.67 Å². The van der Waals surface area contributed by atoms with Crippen molar-refractivity contribution in [2.45, 2.75) is 24.7 Å². The van der Waals surface area contributed by atoms with E-state index in [1.807, 2.05) is 6.07 Å². The van der Waals surface area contributed by atoms with E-state index in [9.17, 15) is 13.6 Å². The number of carbonyl (C=O) groups is 1. The van der Waals surface area contributed by atoms with Gasteiger partial charge >= 0.3 is 5.97 Å². The molecule has 3 rings (SSSR count). The fourth-order valence-electron chi connectivity index (χ4n) is 2.47. The van der Waals surface area contributed by atoms with Crippen molar-refractivity contribution < 1.29 is 18.4 Å². The van der Waals surface area contributed by atoms with Gasteiger partial charge in [-0.25, -0.2) is 13.6 Å². The van der Waals surface area contributed by atoms with E-state index in [1.165, 1.54) is 7.05 Å². The molecule has 1 aliphatic carbocycles. The first-order valence-corrected chi connectivity index (χ1v) is 7.22. The van der Waals surface area contributed by atoms with Gasteiger partial charge in [0.1, 0.15) is 5.69 Å². The van der Waals surface area contributed by atoms with Crippen LogP contribution in [-0.4, -0.2) is 26.6 Å². The van der Waals surface area contributed by atoms with Crippen molar-refractivity contribution in [3.63, 3.8) is 0 Å². The van der Waals surface area contributed by atoms with Crippen LogP contribution in [0.1, 0.15) is 41.0 Å². The normalized spacial score (nSPS) is 16.2. The smallest absolute Gasteiger partial charge is 0.384 e. The van der Waals surface area contributed by atoms with Gasteiger partial charge in [0, 0.05) is 25.5 Å². The first-order chi connectivity index (χ1) is 11.4. The lowest BCUT2D eigenvalue weighted by Gasteiger charge is -2.13. The standard InChI is InChI=1S/C15H15F2N5O2/c1-22-11(12(16)17)7-10(20-22)13(23)24-21-14(18)15(4-5-15)9-3-2-6-19-8-9/h2-3,6-8,12H,4-5H2,1H3,(H2,18,21). The van der Waals surface area contributed by atoms with Gasteiger partial charge in [0.05, 0.1) is 5.41 Å². The molecule has 0 unspecified atom stereocenters. The largest absolute Gasteiger partial charge is 0.385 e. The van der Waals surface area contributed by atoms with Crippen LogP contribution in [0.2, 0.25) is 0 Å². The first kappa shape index (κ1) is 16.0. The second-order valence-corrected chi connectivity index (χ2v) is 5.56. The van der Waals surface area contributed by atoms with Crippen LogP contribution in [0, 0.1) is 0 Å². The Morgan fingerprint density at radius 1 is 1.50 bits per heavy atom. The van der Waals surface area contributed by atoms with Crippen molar-refractivity contribution in [2.75, 3.05) is 0 Å². The molecule has 2 aromatic heterocycles. The molecule has 0 aromatic carbocycles. The molecular formula is C15H15F2N5O2. The minimum Gasteiger partial charge on any atom is -0.384 e. The van der Waals surface area contributed by atoms with Crippen LogP contribution in [0.25, 0.3) is 0 Å². The van der Waals surface area contributed by atoms with E-state index < -0.39 is 17.8 Å². The van der Waals surface area contributed by atoms with Gasteiger partial charge in [-0.05, 0) is 24.5 Å². The monoisotopic (exact) mass is 335 g/mol. The number of aromatic nitrogens is 3. The fraction of sp³-hybridized carbons (Fsp3) is 0.333. The van der Waals surface area contributed by atoms with Crippen LogP contribution in [0.15, 0.2) is 35.7 Å². The average molecular weight is 335 g/mol. The van der Waals surface area contributed by atoms with E-state index >= 15 is 0 Å². The molecule has 0 radical (unpaired) electrons. The zero-order chi connectivity index (χ0) is 17.3. The predicted octanol–water partition coefficient (Wildman–Crippen LogP) is 1.91. The fourth-order valence-corrected chi connectivity index (χ4v) is 2.47. The summed E-state index contributed by atoms with van der Waals surface area (Å²) >= 11 is 0. The van der Waals surface area contributed by atoms with E-state index in [-0.39, 0.29) is 17.2 Å². The van der Waals surface area contributed by atoms with Gasteiger partial charge in [-0.1, -0.05) is 11.2 Å². The third-order valence-electron chi connectivity index (χ3n) is 4.03. The number of oxime groups is 1. The number of hydrogen-bond acceptors (Lipinski definition) is 5. The molecule has 126 valence electrons. The Morgan fingerprint density at radius 2 is 2.25 bits per heavy atom. The van der Waals surface area contributed by atoms with Crippen LogP contribution in [-0.2, 0) is 17.3 Å². The van der Waals surface area contributed by atoms with E-state index in [0.717, 1.165) is 29.2 Å². The van der Waals surface area contributed by atoms with Crippen molar-refractivity contribution >= 4 is 11.8 Å². The van der Waals surface area contributed by atoms with Crippen LogP contribution in [0.3, 0.4) is 0 Å². The molecule has 1 fully saturated rings. The van der Waals surface area contributed by atoms with Gasteiger partial charge in [-0.15, -0.1) is 0 Å². The Balaban J connectivity index is 1.74. The molecule has 2 heterocycles. The lowest BCUT2D eigenvalue weighted by Crippen LogP contribution is -2.29. The molecule has 24 heavy (non-hydrogen) atoms. The van der Waals surface area contributed by atoms with Gasteiger partial charge < -0.3 is 10.6 Å². The highest BCUT2D eigenvalue weighted by molar-refractivity contribution is 5.95.